The van der Waals surface area contributed by atoms with Crippen LogP contribution < -0.4 is 4.74 Å². The van der Waals surface area contributed by atoms with Gasteiger partial charge in [-0.1, -0.05) is 0 Å². The first kappa shape index (κ1) is 15.6. The van der Waals surface area contributed by atoms with E-state index in [2.05, 4.69) is 0 Å². The van der Waals surface area contributed by atoms with Gasteiger partial charge >= 0.3 is 0 Å². The van der Waals surface area contributed by atoms with Crippen LogP contribution in [0.2, 0.25) is 0 Å². The van der Waals surface area contributed by atoms with Gasteiger partial charge in [0.25, 0.3) is 5.69 Å². The summed E-state index contributed by atoms with van der Waals surface area (Å²) in [7, 11) is 0. The molecule has 2 rings (SSSR count). The maximum absolute atomic E-state index is 10.5. The summed E-state index contributed by atoms with van der Waals surface area (Å²) >= 11 is 0. The van der Waals surface area contributed by atoms with E-state index in [1.807, 2.05) is 0 Å². The third kappa shape index (κ3) is 3.28. The highest BCUT2D eigenvalue weighted by Crippen LogP contribution is 2.27. The minimum atomic E-state index is -1.42. The second-order valence-electron chi connectivity index (χ2n) is 4.57. The molecule has 1 aromatic carbocycles. The van der Waals surface area contributed by atoms with Crippen molar-refractivity contribution in [3.8, 4) is 5.75 Å². The number of aliphatic hydroxyl groups is 4. The Morgan fingerprint density at radius 2 is 1.90 bits per heavy atom. The van der Waals surface area contributed by atoms with Crippen LogP contribution in [0, 0.1) is 10.1 Å². The van der Waals surface area contributed by atoms with Gasteiger partial charge in [-0.15, -0.1) is 0 Å². The standard InChI is InChI=1S/C12H15NO8/c14-5-8(15)11-9(16)10(17)12(21-11)20-7-3-1-6(2-4-7)13(18)19/h1-4,8-12,14-17H,5H2/t8-,9-,10-,11-,12+/m1/s1. The lowest BCUT2D eigenvalue weighted by molar-refractivity contribution is -0.384. The van der Waals surface area contributed by atoms with E-state index in [0.717, 1.165) is 0 Å². The molecule has 1 aliphatic rings. The Hall–Kier alpha value is -1.78. The molecule has 9 nitrogen and oxygen atoms in total. The first-order chi connectivity index (χ1) is 9.93. The fourth-order valence-corrected chi connectivity index (χ4v) is 1.97. The van der Waals surface area contributed by atoms with Gasteiger partial charge in [-0.2, -0.15) is 0 Å². The summed E-state index contributed by atoms with van der Waals surface area (Å²) < 4.78 is 10.4. The largest absolute Gasteiger partial charge is 0.462 e. The van der Waals surface area contributed by atoms with Gasteiger partial charge in [-0.3, -0.25) is 10.1 Å². The zero-order chi connectivity index (χ0) is 15.6. The minimum absolute atomic E-state index is 0.121. The molecule has 1 saturated heterocycles. The summed E-state index contributed by atoms with van der Waals surface area (Å²) in [5, 5.41) is 48.3. The molecule has 5 atom stereocenters. The molecule has 0 aliphatic carbocycles. The third-order valence-corrected chi connectivity index (χ3v) is 3.12. The van der Waals surface area contributed by atoms with Gasteiger partial charge in [0.2, 0.25) is 6.29 Å². The van der Waals surface area contributed by atoms with Crippen LogP contribution in [0.3, 0.4) is 0 Å². The fraction of sp³-hybridized carbons (Fsp3) is 0.500. The predicted octanol–water partition coefficient (Wildman–Crippen LogP) is -1.23. The van der Waals surface area contributed by atoms with Crippen molar-refractivity contribution in [3.05, 3.63) is 34.4 Å². The Labute approximate surface area is 119 Å². The molecular weight excluding hydrogens is 286 g/mol. The fourth-order valence-electron chi connectivity index (χ4n) is 1.97. The molecule has 116 valence electrons. The van der Waals surface area contributed by atoms with E-state index in [4.69, 9.17) is 14.6 Å². The quantitative estimate of drug-likeness (QED) is 0.391. The van der Waals surface area contributed by atoms with Crippen molar-refractivity contribution in [1.82, 2.24) is 0 Å². The molecule has 0 radical (unpaired) electrons. The van der Waals surface area contributed by atoms with E-state index >= 15 is 0 Å². The molecule has 1 aliphatic heterocycles. The van der Waals surface area contributed by atoms with E-state index < -0.39 is 42.2 Å². The summed E-state index contributed by atoms with van der Waals surface area (Å²) in [5.74, 6) is 0.191. The van der Waals surface area contributed by atoms with E-state index in [1.165, 1.54) is 24.3 Å². The average Bonchev–Trinajstić information content (AvgIpc) is 2.75. The first-order valence-corrected chi connectivity index (χ1v) is 6.15. The normalized spacial score (nSPS) is 30.1. The molecule has 9 heteroatoms. The number of benzene rings is 1. The summed E-state index contributed by atoms with van der Waals surface area (Å²) in [4.78, 5) is 9.95. The highest BCUT2D eigenvalue weighted by Gasteiger charge is 2.47. The highest BCUT2D eigenvalue weighted by atomic mass is 16.7. The van der Waals surface area contributed by atoms with Crippen LogP contribution in [-0.2, 0) is 4.74 Å². The molecule has 0 unspecified atom stereocenters. The third-order valence-electron chi connectivity index (χ3n) is 3.12. The van der Waals surface area contributed by atoms with Gasteiger partial charge in [0, 0.05) is 12.1 Å². The van der Waals surface area contributed by atoms with E-state index in [1.54, 1.807) is 0 Å². The number of ether oxygens (including phenoxy) is 2. The molecule has 0 saturated carbocycles. The van der Waals surface area contributed by atoms with Crippen LogP contribution in [0.1, 0.15) is 0 Å². The topological polar surface area (TPSA) is 143 Å². The first-order valence-electron chi connectivity index (χ1n) is 6.15. The molecule has 1 fully saturated rings. The number of nitro benzene ring substituents is 1. The molecule has 0 bridgehead atoms. The Balaban J connectivity index is 2.04. The average molecular weight is 301 g/mol. The molecule has 4 N–H and O–H groups in total. The number of nitro groups is 1. The Kier molecular flexibility index (Phi) is 4.70. The lowest BCUT2D eigenvalue weighted by atomic mass is 10.1. The second kappa shape index (κ2) is 6.33. The summed E-state index contributed by atoms with van der Waals surface area (Å²) in [5.41, 5.74) is -0.121. The summed E-state index contributed by atoms with van der Waals surface area (Å²) in [6, 6.07) is 5.06. The molecule has 0 spiro atoms. The number of hydrogen-bond donors (Lipinski definition) is 4. The number of rotatable bonds is 5. The lowest BCUT2D eigenvalue weighted by Crippen LogP contribution is -2.40. The molecule has 0 aromatic heterocycles. The summed E-state index contributed by atoms with van der Waals surface area (Å²) in [6.07, 6.45) is -6.65. The van der Waals surface area contributed by atoms with E-state index in [9.17, 15) is 25.4 Å². The molecular formula is C12H15NO8. The van der Waals surface area contributed by atoms with Crippen LogP contribution >= 0.6 is 0 Å². The van der Waals surface area contributed by atoms with Crippen molar-refractivity contribution in [3.63, 3.8) is 0 Å². The van der Waals surface area contributed by atoms with Crippen molar-refractivity contribution >= 4 is 5.69 Å². The van der Waals surface area contributed by atoms with Crippen LogP contribution in [-0.4, -0.2) is 62.7 Å². The van der Waals surface area contributed by atoms with Gasteiger partial charge in [0.15, 0.2) is 0 Å². The zero-order valence-electron chi connectivity index (χ0n) is 10.8. The molecule has 1 heterocycles. The SMILES string of the molecule is O=[N+]([O-])c1ccc(O[C@H]2O[C@H]([C@H](O)CO)[C@H](O)[C@H]2O)cc1. The molecule has 21 heavy (non-hydrogen) atoms. The number of aliphatic hydroxyl groups excluding tert-OH is 4. The number of non-ortho nitro benzene ring substituents is 1. The zero-order valence-corrected chi connectivity index (χ0v) is 10.8. The minimum Gasteiger partial charge on any atom is -0.462 e. The smallest absolute Gasteiger partial charge is 0.269 e. The van der Waals surface area contributed by atoms with Crippen LogP contribution in [0.4, 0.5) is 5.69 Å². The lowest BCUT2D eigenvalue weighted by Gasteiger charge is -2.18. The van der Waals surface area contributed by atoms with E-state index in [-0.39, 0.29) is 11.4 Å². The van der Waals surface area contributed by atoms with Crippen molar-refractivity contribution < 1.29 is 34.8 Å². The molecule has 0 amide bonds. The van der Waals surface area contributed by atoms with E-state index in [0.29, 0.717) is 0 Å². The Morgan fingerprint density at radius 1 is 1.29 bits per heavy atom. The van der Waals surface area contributed by atoms with Gasteiger partial charge in [0.05, 0.1) is 11.5 Å². The monoisotopic (exact) mass is 301 g/mol. The van der Waals surface area contributed by atoms with Crippen molar-refractivity contribution in [2.75, 3.05) is 6.61 Å². The van der Waals surface area contributed by atoms with Gasteiger partial charge in [-0.25, -0.2) is 0 Å². The Morgan fingerprint density at radius 3 is 2.43 bits per heavy atom. The maximum Gasteiger partial charge on any atom is 0.269 e. The van der Waals surface area contributed by atoms with Gasteiger partial charge in [-0.05, 0) is 12.1 Å². The number of hydrogen-bond acceptors (Lipinski definition) is 8. The van der Waals surface area contributed by atoms with Crippen molar-refractivity contribution in [2.45, 2.75) is 30.7 Å². The second-order valence-corrected chi connectivity index (χ2v) is 4.57. The highest BCUT2D eigenvalue weighted by molar-refractivity contribution is 5.36. The molecule has 1 aromatic rings. The van der Waals surface area contributed by atoms with Crippen molar-refractivity contribution in [2.24, 2.45) is 0 Å². The van der Waals surface area contributed by atoms with Crippen LogP contribution in [0.15, 0.2) is 24.3 Å². The summed E-state index contributed by atoms with van der Waals surface area (Å²) in [6.45, 7) is -0.640. The Bertz CT molecular complexity index is 493. The number of nitrogens with zero attached hydrogens (tertiary/aromatic N) is 1. The predicted molar refractivity (Wildman–Crippen MR) is 67.5 cm³/mol. The van der Waals surface area contributed by atoms with Gasteiger partial charge < -0.3 is 29.9 Å². The van der Waals surface area contributed by atoms with Crippen molar-refractivity contribution in [1.29, 1.82) is 0 Å². The van der Waals surface area contributed by atoms with Gasteiger partial charge in [0.1, 0.15) is 30.2 Å². The maximum atomic E-state index is 10.5. The van der Waals surface area contributed by atoms with Crippen LogP contribution in [0.5, 0.6) is 5.75 Å². The van der Waals surface area contributed by atoms with Crippen LogP contribution in [0.25, 0.3) is 0 Å².